The standard InChI is InChI=1S/C17H13F3N2O3/c18-17(19,20)11-4-3-5-12(8-11)21-15(23)9-22-10-16(24)25-14-7-2-1-6-13(14)22/h1-8H,9-10H2,(H,21,23). The molecular formula is C17H13F3N2O3. The van der Waals surface area contributed by atoms with Crippen molar-refractivity contribution in [2.45, 2.75) is 6.18 Å². The smallest absolute Gasteiger partial charge is 0.416 e. The number of fused-ring (bicyclic) bond motifs is 1. The van der Waals surface area contributed by atoms with Crippen molar-refractivity contribution in [3.63, 3.8) is 0 Å². The summed E-state index contributed by atoms with van der Waals surface area (Å²) in [5, 5.41) is 2.41. The highest BCUT2D eigenvalue weighted by Crippen LogP contribution is 2.32. The summed E-state index contributed by atoms with van der Waals surface area (Å²) in [6.45, 7) is -0.310. The number of benzene rings is 2. The minimum absolute atomic E-state index is 0.0349. The molecule has 0 fully saturated rings. The second-order valence-electron chi connectivity index (χ2n) is 5.42. The molecule has 8 heteroatoms. The molecule has 25 heavy (non-hydrogen) atoms. The lowest BCUT2D eigenvalue weighted by Crippen LogP contribution is -2.41. The number of esters is 1. The molecule has 0 aliphatic carbocycles. The number of alkyl halides is 3. The zero-order valence-corrected chi connectivity index (χ0v) is 12.8. The average molecular weight is 350 g/mol. The van der Waals surface area contributed by atoms with E-state index in [0.717, 1.165) is 12.1 Å². The molecule has 2 aromatic carbocycles. The van der Waals surface area contributed by atoms with Crippen LogP contribution in [0.4, 0.5) is 24.5 Å². The molecule has 1 aliphatic heterocycles. The van der Waals surface area contributed by atoms with Gasteiger partial charge >= 0.3 is 12.1 Å². The van der Waals surface area contributed by atoms with E-state index >= 15 is 0 Å². The third-order valence-corrected chi connectivity index (χ3v) is 3.56. The topological polar surface area (TPSA) is 58.6 Å². The number of rotatable bonds is 3. The highest BCUT2D eigenvalue weighted by molar-refractivity contribution is 5.96. The number of carbonyl (C=O) groups excluding carboxylic acids is 2. The lowest BCUT2D eigenvalue weighted by molar-refractivity contribution is -0.137. The van der Waals surface area contributed by atoms with E-state index in [0.29, 0.717) is 11.4 Å². The molecule has 5 nitrogen and oxygen atoms in total. The van der Waals surface area contributed by atoms with Crippen LogP contribution in [0.25, 0.3) is 0 Å². The van der Waals surface area contributed by atoms with Gasteiger partial charge in [0.05, 0.1) is 17.8 Å². The summed E-state index contributed by atoms with van der Waals surface area (Å²) in [7, 11) is 0. The van der Waals surface area contributed by atoms with Crippen molar-refractivity contribution in [2.75, 3.05) is 23.3 Å². The molecule has 0 atom stereocenters. The molecule has 130 valence electrons. The Balaban J connectivity index is 1.72. The quantitative estimate of drug-likeness (QED) is 0.683. The first-order valence-electron chi connectivity index (χ1n) is 7.35. The number of hydrogen-bond acceptors (Lipinski definition) is 4. The van der Waals surface area contributed by atoms with Gasteiger partial charge in [0, 0.05) is 5.69 Å². The van der Waals surface area contributed by atoms with Gasteiger partial charge in [-0.3, -0.25) is 4.79 Å². The lowest BCUT2D eigenvalue weighted by atomic mass is 10.2. The average Bonchev–Trinajstić information content (AvgIpc) is 2.54. The van der Waals surface area contributed by atoms with Crippen molar-refractivity contribution in [2.24, 2.45) is 0 Å². The Morgan fingerprint density at radius 1 is 1.16 bits per heavy atom. The van der Waals surface area contributed by atoms with Crippen molar-refractivity contribution in [3.05, 3.63) is 54.1 Å². The largest absolute Gasteiger partial charge is 0.423 e. The van der Waals surface area contributed by atoms with Gasteiger partial charge in [0.15, 0.2) is 5.75 Å². The first-order valence-corrected chi connectivity index (χ1v) is 7.35. The Kier molecular flexibility index (Phi) is 4.35. The SMILES string of the molecule is O=C(CN1CC(=O)Oc2ccccc21)Nc1cccc(C(F)(F)F)c1. The Hall–Kier alpha value is -3.03. The second kappa shape index (κ2) is 6.46. The minimum atomic E-state index is -4.49. The van der Waals surface area contributed by atoms with Gasteiger partial charge in [-0.2, -0.15) is 13.2 Å². The molecule has 0 bridgehead atoms. The van der Waals surface area contributed by atoms with Crippen molar-refractivity contribution < 1.29 is 27.5 Å². The number of nitrogens with zero attached hydrogens (tertiary/aromatic N) is 1. The van der Waals surface area contributed by atoms with Gasteiger partial charge in [-0.1, -0.05) is 18.2 Å². The number of carbonyl (C=O) groups is 2. The van der Waals surface area contributed by atoms with Crippen LogP contribution < -0.4 is 15.0 Å². The predicted molar refractivity (Wildman–Crippen MR) is 84.4 cm³/mol. The number of nitrogens with one attached hydrogen (secondary N) is 1. The summed E-state index contributed by atoms with van der Waals surface area (Å²) >= 11 is 0. The molecule has 0 spiro atoms. The number of anilines is 2. The molecule has 1 N–H and O–H groups in total. The van der Waals surface area contributed by atoms with Crippen molar-refractivity contribution in [1.29, 1.82) is 0 Å². The number of hydrogen-bond donors (Lipinski definition) is 1. The number of ether oxygens (including phenoxy) is 1. The van der Waals surface area contributed by atoms with E-state index in [1.54, 1.807) is 24.3 Å². The number of amides is 1. The van der Waals surface area contributed by atoms with Gasteiger partial charge in [-0.25, -0.2) is 4.79 Å². The summed E-state index contributed by atoms with van der Waals surface area (Å²) < 4.78 is 43.2. The number of para-hydroxylation sites is 2. The zero-order chi connectivity index (χ0) is 18.0. The number of halogens is 3. The molecule has 0 radical (unpaired) electrons. The van der Waals surface area contributed by atoms with Crippen LogP contribution in [0.15, 0.2) is 48.5 Å². The van der Waals surface area contributed by atoms with Crippen LogP contribution in [0.1, 0.15) is 5.56 Å². The molecular weight excluding hydrogens is 337 g/mol. The monoisotopic (exact) mass is 350 g/mol. The molecule has 1 heterocycles. The lowest BCUT2D eigenvalue weighted by Gasteiger charge is -2.29. The zero-order valence-electron chi connectivity index (χ0n) is 12.8. The predicted octanol–water partition coefficient (Wildman–Crippen LogP) is 3.07. The highest BCUT2D eigenvalue weighted by atomic mass is 19.4. The molecule has 0 aromatic heterocycles. The Bertz CT molecular complexity index is 821. The van der Waals surface area contributed by atoms with Crippen LogP contribution >= 0.6 is 0 Å². The third-order valence-electron chi connectivity index (χ3n) is 3.56. The summed E-state index contributed by atoms with van der Waals surface area (Å²) in [5.74, 6) is -0.708. The summed E-state index contributed by atoms with van der Waals surface area (Å²) in [6.07, 6.45) is -4.49. The van der Waals surface area contributed by atoms with Crippen LogP contribution in [0, 0.1) is 0 Å². The van der Waals surface area contributed by atoms with E-state index in [2.05, 4.69) is 5.32 Å². The fraction of sp³-hybridized carbons (Fsp3) is 0.176. The third kappa shape index (κ3) is 3.90. The summed E-state index contributed by atoms with van der Waals surface area (Å²) in [6, 6.07) is 11.1. The summed E-state index contributed by atoms with van der Waals surface area (Å²) in [5.41, 5.74) is -0.244. The van der Waals surface area contributed by atoms with Crippen LogP contribution in [0.2, 0.25) is 0 Å². The Morgan fingerprint density at radius 2 is 1.92 bits per heavy atom. The van der Waals surface area contributed by atoms with E-state index < -0.39 is 23.6 Å². The summed E-state index contributed by atoms with van der Waals surface area (Å²) in [4.78, 5) is 25.3. The van der Waals surface area contributed by atoms with Crippen molar-refractivity contribution in [1.82, 2.24) is 0 Å². The normalized spacial score (nSPS) is 13.9. The molecule has 0 saturated carbocycles. The van der Waals surface area contributed by atoms with Gasteiger partial charge in [-0.05, 0) is 30.3 Å². The Morgan fingerprint density at radius 3 is 2.68 bits per heavy atom. The first-order chi connectivity index (χ1) is 11.8. The van der Waals surface area contributed by atoms with Gasteiger partial charge in [-0.15, -0.1) is 0 Å². The fourth-order valence-electron chi connectivity index (χ4n) is 2.49. The van der Waals surface area contributed by atoms with E-state index in [1.807, 2.05) is 0 Å². The fourth-order valence-corrected chi connectivity index (χ4v) is 2.49. The Labute approximate surface area is 141 Å². The van der Waals surface area contributed by atoms with Gasteiger partial charge in [0.1, 0.15) is 6.54 Å². The van der Waals surface area contributed by atoms with E-state index in [9.17, 15) is 22.8 Å². The van der Waals surface area contributed by atoms with Gasteiger partial charge in [0.25, 0.3) is 0 Å². The van der Waals surface area contributed by atoms with E-state index in [1.165, 1.54) is 17.0 Å². The molecule has 1 amide bonds. The molecule has 2 aromatic rings. The molecule has 0 saturated heterocycles. The van der Waals surface area contributed by atoms with Crippen LogP contribution in [0.5, 0.6) is 5.75 Å². The van der Waals surface area contributed by atoms with E-state index in [-0.39, 0.29) is 18.8 Å². The van der Waals surface area contributed by atoms with Crippen molar-refractivity contribution >= 4 is 23.3 Å². The van der Waals surface area contributed by atoms with Gasteiger partial charge < -0.3 is 15.0 Å². The molecule has 3 rings (SSSR count). The van der Waals surface area contributed by atoms with E-state index in [4.69, 9.17) is 4.74 Å². The van der Waals surface area contributed by atoms with Crippen LogP contribution in [-0.2, 0) is 15.8 Å². The second-order valence-corrected chi connectivity index (χ2v) is 5.42. The maximum absolute atomic E-state index is 12.7. The van der Waals surface area contributed by atoms with Gasteiger partial charge in [0.2, 0.25) is 5.91 Å². The van der Waals surface area contributed by atoms with Crippen molar-refractivity contribution in [3.8, 4) is 5.75 Å². The highest BCUT2D eigenvalue weighted by Gasteiger charge is 2.30. The van der Waals surface area contributed by atoms with Crippen LogP contribution in [-0.4, -0.2) is 25.0 Å². The minimum Gasteiger partial charge on any atom is -0.423 e. The molecule has 0 unspecified atom stereocenters. The maximum Gasteiger partial charge on any atom is 0.416 e. The molecule has 1 aliphatic rings. The first kappa shape index (κ1) is 16.8. The maximum atomic E-state index is 12.7. The van der Waals surface area contributed by atoms with Crippen LogP contribution in [0.3, 0.4) is 0 Å².